The van der Waals surface area contributed by atoms with Crippen LogP contribution in [0.3, 0.4) is 0 Å². The van der Waals surface area contributed by atoms with Gasteiger partial charge in [0.05, 0.1) is 0 Å². The Kier molecular flexibility index (Phi) is 3.32. The number of nitrogens with zero attached hydrogens (tertiary/aromatic N) is 3. The standard InChI is InChI=1S/C17H18BrN5O/c1-17(2)7-11-13(12(24)8-17)14(9-5-3-4-6-10(9)18)23-16(20-11)21-15(19)22-23/h3-6,14H,7-8H2,1-2H3,(H3,19,20,21,22)/t14-/m1/s1. The highest BCUT2D eigenvalue weighted by molar-refractivity contribution is 9.10. The summed E-state index contributed by atoms with van der Waals surface area (Å²) in [6.07, 6.45) is 1.32. The minimum absolute atomic E-state index is 0.0743. The molecule has 1 atom stereocenters. The lowest BCUT2D eigenvalue weighted by molar-refractivity contribution is -0.118. The van der Waals surface area contributed by atoms with Crippen molar-refractivity contribution in [2.75, 3.05) is 11.1 Å². The molecule has 1 aromatic heterocycles. The number of aromatic nitrogens is 3. The molecule has 24 heavy (non-hydrogen) atoms. The third-order valence-electron chi connectivity index (χ3n) is 4.55. The molecule has 0 saturated carbocycles. The lowest BCUT2D eigenvalue weighted by atomic mass is 9.73. The van der Waals surface area contributed by atoms with E-state index in [4.69, 9.17) is 5.73 Å². The van der Waals surface area contributed by atoms with Crippen LogP contribution in [0.15, 0.2) is 40.0 Å². The van der Waals surface area contributed by atoms with E-state index < -0.39 is 0 Å². The summed E-state index contributed by atoms with van der Waals surface area (Å²) in [5, 5.41) is 7.60. The van der Waals surface area contributed by atoms with E-state index in [0.717, 1.165) is 27.7 Å². The number of nitrogens with one attached hydrogen (secondary N) is 1. The molecule has 0 radical (unpaired) electrons. The fourth-order valence-electron chi connectivity index (χ4n) is 3.61. The first kappa shape index (κ1) is 15.4. The Hall–Kier alpha value is -2.15. The number of fused-ring (bicyclic) bond motifs is 1. The second kappa shape index (κ2) is 5.17. The molecule has 0 fully saturated rings. The lowest BCUT2D eigenvalue weighted by Gasteiger charge is -2.38. The third kappa shape index (κ3) is 2.34. The van der Waals surface area contributed by atoms with Crippen molar-refractivity contribution >= 4 is 33.6 Å². The summed E-state index contributed by atoms with van der Waals surface area (Å²) in [6, 6.07) is 7.56. The topological polar surface area (TPSA) is 85.8 Å². The van der Waals surface area contributed by atoms with Gasteiger partial charge in [-0.1, -0.05) is 48.0 Å². The van der Waals surface area contributed by atoms with Crippen LogP contribution in [0.1, 0.15) is 38.3 Å². The molecular weight excluding hydrogens is 370 g/mol. The Morgan fingerprint density at radius 3 is 2.83 bits per heavy atom. The van der Waals surface area contributed by atoms with E-state index in [-0.39, 0.29) is 23.2 Å². The number of nitrogens with two attached hydrogens (primary N) is 1. The molecule has 1 aliphatic heterocycles. The van der Waals surface area contributed by atoms with Gasteiger partial charge < -0.3 is 11.1 Å². The number of allylic oxidation sites excluding steroid dienone is 2. The van der Waals surface area contributed by atoms with Gasteiger partial charge in [0, 0.05) is 22.2 Å². The van der Waals surface area contributed by atoms with E-state index in [1.165, 1.54) is 0 Å². The predicted molar refractivity (Wildman–Crippen MR) is 95.4 cm³/mol. The number of halogens is 1. The van der Waals surface area contributed by atoms with Crippen LogP contribution in [-0.4, -0.2) is 20.5 Å². The van der Waals surface area contributed by atoms with Gasteiger partial charge in [-0.15, -0.1) is 5.10 Å². The molecule has 6 nitrogen and oxygen atoms in total. The van der Waals surface area contributed by atoms with Crippen molar-refractivity contribution in [3.8, 4) is 0 Å². The summed E-state index contributed by atoms with van der Waals surface area (Å²) in [5.74, 6) is 0.924. The molecule has 7 heteroatoms. The highest BCUT2D eigenvalue weighted by Gasteiger charge is 2.42. The van der Waals surface area contributed by atoms with E-state index in [0.29, 0.717) is 12.4 Å². The number of ketones is 1. The largest absolute Gasteiger partial charge is 0.366 e. The average Bonchev–Trinajstić information content (AvgIpc) is 2.84. The summed E-state index contributed by atoms with van der Waals surface area (Å²) in [7, 11) is 0. The van der Waals surface area contributed by atoms with Gasteiger partial charge in [0.2, 0.25) is 11.9 Å². The molecule has 3 N–H and O–H groups in total. The molecule has 2 aromatic rings. The SMILES string of the molecule is CC1(C)CC(=O)C2=C(C1)Nc1nc(N)nn1[C@@H]2c1ccccc1Br. The van der Waals surface area contributed by atoms with Gasteiger partial charge in [-0.3, -0.25) is 4.79 Å². The minimum atomic E-state index is -0.319. The van der Waals surface area contributed by atoms with E-state index in [9.17, 15) is 4.79 Å². The maximum absolute atomic E-state index is 12.9. The van der Waals surface area contributed by atoms with Gasteiger partial charge in [-0.2, -0.15) is 4.98 Å². The summed E-state index contributed by atoms with van der Waals surface area (Å²) in [5.41, 5.74) is 8.41. The fourth-order valence-corrected chi connectivity index (χ4v) is 4.11. The second-order valence-corrected chi connectivity index (χ2v) is 7.97. The third-order valence-corrected chi connectivity index (χ3v) is 5.27. The minimum Gasteiger partial charge on any atom is -0.366 e. The van der Waals surface area contributed by atoms with E-state index in [1.807, 2.05) is 24.3 Å². The van der Waals surface area contributed by atoms with Crippen LogP contribution >= 0.6 is 15.9 Å². The van der Waals surface area contributed by atoms with E-state index >= 15 is 0 Å². The molecule has 0 spiro atoms. The Morgan fingerprint density at radius 2 is 2.08 bits per heavy atom. The zero-order chi connectivity index (χ0) is 17.1. The number of anilines is 2. The van der Waals surface area contributed by atoms with Crippen LogP contribution in [-0.2, 0) is 4.79 Å². The van der Waals surface area contributed by atoms with Crippen molar-refractivity contribution in [2.45, 2.75) is 32.7 Å². The predicted octanol–water partition coefficient (Wildman–Crippen LogP) is 3.28. The van der Waals surface area contributed by atoms with Gasteiger partial charge >= 0.3 is 0 Å². The monoisotopic (exact) mass is 387 g/mol. The zero-order valence-corrected chi connectivity index (χ0v) is 15.1. The number of benzene rings is 1. The number of rotatable bonds is 1. The average molecular weight is 388 g/mol. The Balaban J connectivity index is 1.95. The summed E-state index contributed by atoms with van der Waals surface area (Å²) in [4.78, 5) is 17.2. The quantitative estimate of drug-likeness (QED) is 0.783. The van der Waals surface area contributed by atoms with Crippen LogP contribution in [0, 0.1) is 5.41 Å². The maximum atomic E-state index is 12.9. The molecule has 124 valence electrons. The van der Waals surface area contributed by atoms with Crippen molar-refractivity contribution in [2.24, 2.45) is 5.41 Å². The lowest BCUT2D eigenvalue weighted by Crippen LogP contribution is -2.36. The first-order valence-electron chi connectivity index (χ1n) is 7.85. The second-order valence-electron chi connectivity index (χ2n) is 7.12. The highest BCUT2D eigenvalue weighted by atomic mass is 79.9. The number of carbonyl (C=O) groups excluding carboxylic acids is 1. The molecule has 4 rings (SSSR count). The van der Waals surface area contributed by atoms with Crippen LogP contribution in [0.2, 0.25) is 0 Å². The Morgan fingerprint density at radius 1 is 1.33 bits per heavy atom. The van der Waals surface area contributed by atoms with Crippen LogP contribution < -0.4 is 11.1 Å². The fraction of sp³-hybridized carbons (Fsp3) is 0.353. The molecular formula is C17H18BrN5O. The van der Waals surface area contributed by atoms with E-state index in [2.05, 4.69) is 45.2 Å². The molecule has 0 amide bonds. The van der Waals surface area contributed by atoms with Crippen molar-refractivity contribution in [3.05, 3.63) is 45.6 Å². The van der Waals surface area contributed by atoms with Crippen LogP contribution in [0.25, 0.3) is 0 Å². The molecule has 1 aromatic carbocycles. The Labute approximate surface area is 148 Å². The van der Waals surface area contributed by atoms with Crippen molar-refractivity contribution in [1.82, 2.24) is 14.8 Å². The molecule has 2 aliphatic rings. The van der Waals surface area contributed by atoms with Gasteiger partial charge in [0.25, 0.3) is 0 Å². The Bertz CT molecular complexity index is 883. The number of carbonyl (C=O) groups is 1. The van der Waals surface area contributed by atoms with Gasteiger partial charge in [-0.05, 0) is 23.5 Å². The number of hydrogen-bond donors (Lipinski definition) is 2. The number of hydrogen-bond acceptors (Lipinski definition) is 5. The van der Waals surface area contributed by atoms with Crippen molar-refractivity contribution in [1.29, 1.82) is 0 Å². The molecule has 0 unspecified atom stereocenters. The highest BCUT2D eigenvalue weighted by Crippen LogP contribution is 2.46. The summed E-state index contributed by atoms with van der Waals surface area (Å²) in [6.45, 7) is 4.22. The molecule has 0 bridgehead atoms. The summed E-state index contributed by atoms with van der Waals surface area (Å²) < 4.78 is 2.64. The smallest absolute Gasteiger partial charge is 0.241 e. The molecule has 0 saturated heterocycles. The summed E-state index contributed by atoms with van der Waals surface area (Å²) >= 11 is 3.60. The maximum Gasteiger partial charge on any atom is 0.241 e. The van der Waals surface area contributed by atoms with E-state index in [1.54, 1.807) is 4.68 Å². The normalized spacial score (nSPS) is 22.0. The van der Waals surface area contributed by atoms with Gasteiger partial charge in [-0.25, -0.2) is 4.68 Å². The van der Waals surface area contributed by atoms with Crippen LogP contribution in [0.5, 0.6) is 0 Å². The first-order valence-corrected chi connectivity index (χ1v) is 8.65. The first-order chi connectivity index (χ1) is 11.4. The van der Waals surface area contributed by atoms with Gasteiger partial charge in [0.1, 0.15) is 6.04 Å². The van der Waals surface area contributed by atoms with Crippen LogP contribution in [0.4, 0.5) is 11.9 Å². The molecule has 2 heterocycles. The number of Topliss-reactive ketones (excluding diaryl/α,β-unsaturated/α-hetero) is 1. The van der Waals surface area contributed by atoms with Crippen molar-refractivity contribution < 1.29 is 4.79 Å². The van der Waals surface area contributed by atoms with Crippen molar-refractivity contribution in [3.63, 3.8) is 0 Å². The van der Waals surface area contributed by atoms with Gasteiger partial charge in [0.15, 0.2) is 5.78 Å². The number of nitrogen functional groups attached to an aromatic ring is 1. The molecule has 1 aliphatic carbocycles. The zero-order valence-electron chi connectivity index (χ0n) is 13.5.